The second-order valence-electron chi connectivity index (χ2n) is 9.20. The molecule has 0 spiro atoms. The van der Waals surface area contributed by atoms with Crippen LogP contribution >= 0.6 is 8.58 Å². The second kappa shape index (κ2) is 13.5. The Balaban J connectivity index is 0.00000370. The predicted octanol–water partition coefficient (Wildman–Crippen LogP) is 6.40. The van der Waals surface area contributed by atoms with Crippen molar-refractivity contribution in [2.24, 2.45) is 0 Å². The maximum absolute atomic E-state index is 13.8. The van der Waals surface area contributed by atoms with Crippen LogP contribution in [0.4, 0.5) is 0 Å². The first-order valence-electron chi connectivity index (χ1n) is 12.7. The molecule has 5 aromatic rings. The molecule has 194 valence electrons. The molecule has 0 bridgehead atoms. The van der Waals surface area contributed by atoms with Gasteiger partial charge in [0, 0.05) is 17.7 Å². The normalized spacial score (nSPS) is 10.7. The summed E-state index contributed by atoms with van der Waals surface area (Å²) in [5, 5.41) is 0.618. The van der Waals surface area contributed by atoms with Crippen LogP contribution < -0.4 is 38.4 Å². The summed E-state index contributed by atoms with van der Waals surface area (Å²) in [7, 11) is 0.430. The molecule has 40 heavy (non-hydrogen) atoms. The van der Waals surface area contributed by atoms with Gasteiger partial charge >= 0.3 is 18.9 Å². The molecule has 0 aromatic heterocycles. The van der Waals surface area contributed by atoms with Crippen molar-refractivity contribution in [2.75, 3.05) is 0 Å². The van der Waals surface area contributed by atoms with E-state index in [1.54, 1.807) is 0 Å². The Kier molecular flexibility index (Phi) is 9.86. The fourth-order valence-electron chi connectivity index (χ4n) is 4.41. The van der Waals surface area contributed by atoms with Crippen LogP contribution in [-0.2, 0) is 0 Å². The van der Waals surface area contributed by atoms with Crippen LogP contribution in [0.3, 0.4) is 0 Å². The smallest absolute Gasteiger partial charge is 0.459 e. The number of carbonyl (C=O) groups excluding carboxylic acids is 1. The quantitative estimate of drug-likeness (QED) is 0.161. The summed E-state index contributed by atoms with van der Waals surface area (Å²) < 4.78 is 18.9. The van der Waals surface area contributed by atoms with E-state index in [-0.39, 0.29) is 24.4 Å². The van der Waals surface area contributed by atoms with E-state index >= 15 is 0 Å². The van der Waals surface area contributed by atoms with Gasteiger partial charge in [-0.3, -0.25) is 0 Å². The van der Waals surface area contributed by atoms with Crippen molar-refractivity contribution in [1.82, 2.24) is 0 Å². The molecule has 0 aliphatic rings. The Labute approximate surface area is 249 Å². The Morgan fingerprint density at radius 3 is 1.38 bits per heavy atom. The fraction of sp³-hybridized carbons (Fsp3) is 0.0882. The van der Waals surface area contributed by atoms with Crippen molar-refractivity contribution < 1.29 is 37.9 Å². The minimum atomic E-state index is -0.0300. The Morgan fingerprint density at radius 1 is 0.550 bits per heavy atom. The number of rotatable bonds is 9. The van der Waals surface area contributed by atoms with Crippen LogP contribution in [0.2, 0.25) is 0 Å². The van der Waals surface area contributed by atoms with E-state index in [0.29, 0.717) is 53.9 Å². The third-order valence-electron chi connectivity index (χ3n) is 6.04. The number of ether oxygens (including phenoxy) is 3. The Morgan fingerprint density at radius 2 is 0.950 bits per heavy atom. The third-order valence-corrected chi connectivity index (χ3v) is 7.13. The van der Waals surface area contributed by atoms with Gasteiger partial charge in [0.15, 0.2) is 0 Å². The molecule has 0 atom stereocenters. The van der Waals surface area contributed by atoms with Gasteiger partial charge in [-0.15, -0.1) is 5.30 Å². The minimum absolute atomic E-state index is 0. The van der Waals surface area contributed by atoms with Gasteiger partial charge in [0.2, 0.25) is 0 Å². The molecule has 0 saturated heterocycles. The van der Waals surface area contributed by atoms with Gasteiger partial charge in [0.05, 0.1) is 0 Å². The van der Waals surface area contributed by atoms with Gasteiger partial charge in [0.25, 0.3) is 0 Å². The van der Waals surface area contributed by atoms with Gasteiger partial charge in [-0.1, -0.05) is 72.3 Å². The number of hydrogen-bond acceptors (Lipinski definition) is 4. The molecule has 5 rings (SSSR count). The molecule has 0 aliphatic carbocycles. The zero-order valence-corrected chi connectivity index (χ0v) is 23.9. The minimum Gasteiger partial charge on any atom is -0.459 e. The van der Waals surface area contributed by atoms with Crippen molar-refractivity contribution >= 4 is 19.4 Å². The van der Waals surface area contributed by atoms with E-state index in [1.165, 1.54) is 0 Å². The van der Waals surface area contributed by atoms with Crippen LogP contribution in [0.1, 0.15) is 27.0 Å². The Hall–Kier alpha value is -3.80. The van der Waals surface area contributed by atoms with E-state index in [4.69, 9.17) is 14.2 Å². The fourth-order valence-corrected chi connectivity index (χ4v) is 5.52. The summed E-state index contributed by atoms with van der Waals surface area (Å²) in [4.78, 5) is 13.8. The maximum Gasteiger partial charge on any atom is 1.00 e. The summed E-state index contributed by atoms with van der Waals surface area (Å²) in [6, 6.07) is 36.2. The average molecular weight is 539 g/mol. The average Bonchev–Trinajstić information content (AvgIpc) is 2.92. The molecular weight excluding hydrogens is 510 g/mol. The summed E-state index contributed by atoms with van der Waals surface area (Å²) >= 11 is 0. The van der Waals surface area contributed by atoms with E-state index in [1.807, 2.05) is 136 Å². The molecule has 4 nitrogen and oxygen atoms in total. The summed E-state index contributed by atoms with van der Waals surface area (Å²) in [5.41, 5.74) is 3.71. The first-order chi connectivity index (χ1) is 19.0. The van der Waals surface area contributed by atoms with Crippen LogP contribution in [0.25, 0.3) is 0 Å². The van der Waals surface area contributed by atoms with Gasteiger partial charge in [0.1, 0.15) is 34.5 Å². The molecule has 0 N–H and O–H groups in total. The van der Waals surface area contributed by atoms with E-state index in [2.05, 4.69) is 0 Å². The summed E-state index contributed by atoms with van der Waals surface area (Å²) in [6.45, 7) is 5.99. The van der Waals surface area contributed by atoms with E-state index in [9.17, 15) is 4.79 Å². The zero-order chi connectivity index (χ0) is 27.2. The van der Waals surface area contributed by atoms with Gasteiger partial charge in [-0.25, -0.2) is 0 Å². The van der Waals surface area contributed by atoms with Crippen molar-refractivity contribution in [3.8, 4) is 34.5 Å². The SMILES string of the molecule is Cc1cc(C)c(C(=O)[P-]c2c(Oc3ccccc3)cc(Oc3ccccc3)cc2Oc2ccccc2)c(C)c1.[Li+]. The predicted molar refractivity (Wildman–Crippen MR) is 158 cm³/mol. The van der Waals surface area contributed by atoms with Crippen LogP contribution in [0, 0.1) is 20.8 Å². The maximum atomic E-state index is 13.8. The molecule has 6 heteroatoms. The molecule has 0 aliphatic heterocycles. The number of carbonyl (C=O) groups is 1. The number of benzene rings is 5. The first kappa shape index (κ1) is 29.2. The topological polar surface area (TPSA) is 44.8 Å². The van der Waals surface area contributed by atoms with Gasteiger partial charge in [-0.2, -0.15) is 0 Å². The van der Waals surface area contributed by atoms with Crippen LogP contribution in [0.15, 0.2) is 115 Å². The number of hydrogen-bond donors (Lipinski definition) is 0. The first-order valence-corrected chi connectivity index (χ1v) is 13.6. The van der Waals surface area contributed by atoms with Crippen molar-refractivity contribution in [3.05, 3.63) is 138 Å². The standard InChI is InChI=1S/C34H28O4P.Li/c1-23-19-24(2)32(25(3)20-23)34(35)39-33-30(37-27-15-9-5-10-16-27)21-29(36-26-13-7-4-8-14-26)22-31(33)38-28-17-11-6-12-18-28;/h4-22H,1-3H3;/q-1;+1. The molecule has 0 amide bonds. The van der Waals surface area contributed by atoms with E-state index in [0.717, 1.165) is 16.7 Å². The molecule has 0 fully saturated rings. The number of aryl methyl sites for hydroxylation is 3. The molecule has 0 unspecified atom stereocenters. The van der Waals surface area contributed by atoms with Gasteiger partial charge < -0.3 is 27.6 Å². The Bertz CT molecular complexity index is 1500. The number of para-hydroxylation sites is 3. The second-order valence-corrected chi connectivity index (χ2v) is 10.3. The van der Waals surface area contributed by atoms with E-state index < -0.39 is 0 Å². The van der Waals surface area contributed by atoms with Gasteiger partial charge in [-0.05, 0) is 73.9 Å². The largest absolute Gasteiger partial charge is 1.00 e. The molecule has 0 radical (unpaired) electrons. The molecule has 5 aromatic carbocycles. The van der Waals surface area contributed by atoms with Crippen LogP contribution in [0.5, 0.6) is 34.5 Å². The van der Waals surface area contributed by atoms with Crippen molar-refractivity contribution in [1.29, 1.82) is 0 Å². The van der Waals surface area contributed by atoms with Crippen molar-refractivity contribution in [3.63, 3.8) is 0 Å². The molecule has 0 saturated carbocycles. The monoisotopic (exact) mass is 538 g/mol. The molecule has 0 heterocycles. The van der Waals surface area contributed by atoms with Crippen molar-refractivity contribution in [2.45, 2.75) is 20.8 Å². The summed E-state index contributed by atoms with van der Waals surface area (Å²) in [5.74, 6) is 3.47. The third kappa shape index (κ3) is 7.23. The molecular formula is C34H28LiO4P. The zero-order valence-electron chi connectivity index (χ0n) is 23.0. The summed E-state index contributed by atoms with van der Waals surface area (Å²) in [6.07, 6.45) is 0. The van der Waals surface area contributed by atoms with Crippen LogP contribution in [-0.4, -0.2) is 5.52 Å².